The van der Waals surface area contributed by atoms with Gasteiger partial charge in [0.25, 0.3) is 0 Å². The highest BCUT2D eigenvalue weighted by Crippen LogP contribution is 2.32. The number of carbonyl (C=O) groups excluding carboxylic acids is 1. The van der Waals surface area contributed by atoms with E-state index in [0.29, 0.717) is 68.2 Å². The second-order valence-corrected chi connectivity index (χ2v) is 11.4. The zero-order valence-corrected chi connectivity index (χ0v) is 23.7. The molecule has 0 bridgehead atoms. The Labute approximate surface area is 235 Å². The predicted molar refractivity (Wildman–Crippen MR) is 154 cm³/mol. The molecule has 3 unspecified atom stereocenters. The molecule has 1 aromatic heterocycles. The number of hydrogen-bond donors (Lipinski definition) is 2. The second kappa shape index (κ2) is 13.4. The number of halogens is 2. The van der Waals surface area contributed by atoms with Crippen molar-refractivity contribution < 1.29 is 18.3 Å². The molecule has 2 saturated heterocycles. The SMILES string of the molecule is CC(C)C(N)=NC(=O)N1CCC(C(C)CCOc2ccc(N3CCC(c4cc(F)ccc4F)C(N)C3)nc2)CC1. The summed E-state index contributed by atoms with van der Waals surface area (Å²) in [4.78, 5) is 24.8. The summed E-state index contributed by atoms with van der Waals surface area (Å²) in [6.07, 6.45) is 5.15. The zero-order valence-electron chi connectivity index (χ0n) is 23.7. The number of amidine groups is 1. The molecule has 8 nitrogen and oxygen atoms in total. The van der Waals surface area contributed by atoms with Crippen molar-refractivity contribution in [3.05, 3.63) is 53.7 Å². The molecular weight excluding hydrogens is 514 g/mol. The summed E-state index contributed by atoms with van der Waals surface area (Å²) in [6.45, 7) is 9.24. The topological polar surface area (TPSA) is 110 Å². The molecule has 4 rings (SSSR count). The minimum atomic E-state index is -0.451. The van der Waals surface area contributed by atoms with Crippen molar-refractivity contribution in [2.45, 2.75) is 58.4 Å². The first-order valence-corrected chi connectivity index (χ1v) is 14.3. The maximum atomic E-state index is 14.3. The van der Waals surface area contributed by atoms with Gasteiger partial charge >= 0.3 is 6.03 Å². The summed E-state index contributed by atoms with van der Waals surface area (Å²) in [5.41, 5.74) is 12.6. The number of ether oxygens (including phenoxy) is 1. The van der Waals surface area contributed by atoms with E-state index in [9.17, 15) is 13.6 Å². The molecule has 2 aliphatic heterocycles. The number of piperidine rings is 2. The second-order valence-electron chi connectivity index (χ2n) is 11.4. The molecule has 40 heavy (non-hydrogen) atoms. The van der Waals surface area contributed by atoms with Gasteiger partial charge < -0.3 is 26.0 Å². The molecule has 2 aromatic rings. The molecule has 1 aromatic carbocycles. The Kier molecular flexibility index (Phi) is 9.95. The molecule has 0 aliphatic carbocycles. The smallest absolute Gasteiger partial charge is 0.345 e. The third-order valence-corrected chi connectivity index (χ3v) is 8.33. The van der Waals surface area contributed by atoms with Gasteiger partial charge in [-0.1, -0.05) is 20.8 Å². The van der Waals surface area contributed by atoms with E-state index in [0.717, 1.165) is 37.2 Å². The van der Waals surface area contributed by atoms with Crippen LogP contribution in [0.1, 0.15) is 57.9 Å². The standard InChI is InChI=1S/C30H42F2N6O2/c1-19(2)29(34)36-30(39)37-12-8-21(9-13-37)20(3)11-15-40-23-5-7-28(35-17-23)38-14-10-24(27(33)18-38)25-16-22(31)4-6-26(25)32/h4-7,16-17,19-21,24,27H,8-15,18,33H2,1-3H3,(H2,34,36,39). The molecule has 3 heterocycles. The first-order valence-electron chi connectivity index (χ1n) is 14.3. The normalized spacial score (nSPS) is 21.5. The van der Waals surface area contributed by atoms with Crippen LogP contribution < -0.4 is 21.1 Å². The summed E-state index contributed by atoms with van der Waals surface area (Å²) >= 11 is 0. The molecule has 0 radical (unpaired) electrons. The zero-order chi connectivity index (χ0) is 28.8. The third-order valence-electron chi connectivity index (χ3n) is 8.33. The van der Waals surface area contributed by atoms with Gasteiger partial charge in [-0.2, -0.15) is 4.99 Å². The van der Waals surface area contributed by atoms with Gasteiger partial charge in [0.15, 0.2) is 0 Å². The quantitative estimate of drug-likeness (QED) is 0.352. The molecule has 2 amide bonds. The van der Waals surface area contributed by atoms with E-state index in [4.69, 9.17) is 16.2 Å². The summed E-state index contributed by atoms with van der Waals surface area (Å²) < 4.78 is 33.9. The van der Waals surface area contributed by atoms with Gasteiger partial charge in [-0.05, 0) is 73.4 Å². The number of pyridine rings is 1. The Morgan fingerprint density at radius 2 is 1.88 bits per heavy atom. The molecule has 3 atom stereocenters. The number of amides is 2. The number of aromatic nitrogens is 1. The van der Waals surface area contributed by atoms with Crippen molar-refractivity contribution in [1.82, 2.24) is 9.88 Å². The van der Waals surface area contributed by atoms with Crippen molar-refractivity contribution in [1.29, 1.82) is 0 Å². The van der Waals surface area contributed by atoms with Gasteiger partial charge in [0.1, 0.15) is 29.0 Å². The summed E-state index contributed by atoms with van der Waals surface area (Å²) in [6, 6.07) is 6.80. The van der Waals surface area contributed by atoms with Gasteiger partial charge in [-0.25, -0.2) is 18.6 Å². The monoisotopic (exact) mass is 556 g/mol. The summed E-state index contributed by atoms with van der Waals surface area (Å²) in [7, 11) is 0. The van der Waals surface area contributed by atoms with Gasteiger partial charge in [-0.15, -0.1) is 0 Å². The molecule has 0 spiro atoms. The largest absolute Gasteiger partial charge is 0.492 e. The number of nitrogens with two attached hydrogens (primary N) is 2. The average molecular weight is 557 g/mol. The summed E-state index contributed by atoms with van der Waals surface area (Å²) in [5.74, 6) is 1.84. The van der Waals surface area contributed by atoms with Crippen LogP contribution in [0.15, 0.2) is 41.5 Å². The number of benzene rings is 1. The predicted octanol–water partition coefficient (Wildman–Crippen LogP) is 4.93. The van der Waals surface area contributed by atoms with E-state index < -0.39 is 11.6 Å². The fourth-order valence-corrected chi connectivity index (χ4v) is 5.59. The molecule has 4 N–H and O–H groups in total. The van der Waals surface area contributed by atoms with Crippen molar-refractivity contribution in [2.24, 2.45) is 34.2 Å². The molecule has 10 heteroatoms. The molecule has 0 saturated carbocycles. The Bertz CT molecular complexity index is 1170. The van der Waals surface area contributed by atoms with E-state index in [1.54, 1.807) is 11.1 Å². The number of rotatable bonds is 8. The number of aliphatic imine (C=N–C) groups is 1. The molecule has 2 fully saturated rings. The van der Waals surface area contributed by atoms with Crippen LogP contribution in [0.4, 0.5) is 19.4 Å². The number of likely N-dealkylation sites (tertiary alicyclic amines) is 1. The van der Waals surface area contributed by atoms with E-state index in [-0.39, 0.29) is 23.9 Å². The highest BCUT2D eigenvalue weighted by atomic mass is 19.1. The van der Waals surface area contributed by atoms with Crippen LogP contribution in [-0.2, 0) is 0 Å². The van der Waals surface area contributed by atoms with Gasteiger partial charge in [-0.3, -0.25) is 0 Å². The first kappa shape index (κ1) is 29.7. The van der Waals surface area contributed by atoms with Crippen LogP contribution in [0.3, 0.4) is 0 Å². The van der Waals surface area contributed by atoms with E-state index >= 15 is 0 Å². The van der Waals surface area contributed by atoms with Crippen molar-refractivity contribution in [2.75, 3.05) is 37.7 Å². The number of nitrogens with zero attached hydrogens (tertiary/aromatic N) is 4. The minimum absolute atomic E-state index is 0.0592. The third kappa shape index (κ3) is 7.47. The van der Waals surface area contributed by atoms with Crippen LogP contribution in [0.25, 0.3) is 0 Å². The fraction of sp³-hybridized carbons (Fsp3) is 0.567. The minimum Gasteiger partial charge on any atom is -0.492 e. The number of hydrogen-bond acceptors (Lipinski definition) is 5. The molecule has 218 valence electrons. The lowest BCUT2D eigenvalue weighted by atomic mass is 9.84. The fourth-order valence-electron chi connectivity index (χ4n) is 5.59. The van der Waals surface area contributed by atoms with Gasteiger partial charge in [0.2, 0.25) is 0 Å². The van der Waals surface area contributed by atoms with Crippen LogP contribution >= 0.6 is 0 Å². The lowest BCUT2D eigenvalue weighted by Gasteiger charge is -2.37. The highest BCUT2D eigenvalue weighted by Gasteiger charge is 2.31. The van der Waals surface area contributed by atoms with Gasteiger partial charge in [0, 0.05) is 44.1 Å². The van der Waals surface area contributed by atoms with Gasteiger partial charge in [0.05, 0.1) is 12.8 Å². The Balaban J connectivity index is 1.20. The Morgan fingerprint density at radius 3 is 2.52 bits per heavy atom. The Hall–Kier alpha value is -3.27. The van der Waals surface area contributed by atoms with E-state index in [1.807, 2.05) is 26.0 Å². The van der Waals surface area contributed by atoms with E-state index in [1.165, 1.54) is 6.07 Å². The van der Waals surface area contributed by atoms with Crippen molar-refractivity contribution >= 4 is 17.7 Å². The maximum Gasteiger partial charge on any atom is 0.345 e. The van der Waals surface area contributed by atoms with Crippen LogP contribution in [0, 0.1) is 29.4 Å². The molecular formula is C30H42F2N6O2. The maximum absolute atomic E-state index is 14.3. The first-order chi connectivity index (χ1) is 19.1. The Morgan fingerprint density at radius 1 is 1.12 bits per heavy atom. The number of urea groups is 1. The average Bonchev–Trinajstić information content (AvgIpc) is 2.94. The van der Waals surface area contributed by atoms with E-state index in [2.05, 4.69) is 21.8 Å². The lowest BCUT2D eigenvalue weighted by molar-refractivity contribution is 0.149. The lowest BCUT2D eigenvalue weighted by Crippen LogP contribution is -2.48. The molecule has 2 aliphatic rings. The van der Waals surface area contributed by atoms with Crippen molar-refractivity contribution in [3.63, 3.8) is 0 Å². The summed E-state index contributed by atoms with van der Waals surface area (Å²) in [5, 5.41) is 0. The number of carbonyl (C=O) groups is 1. The number of anilines is 1. The highest BCUT2D eigenvalue weighted by molar-refractivity contribution is 5.93. The van der Waals surface area contributed by atoms with Crippen LogP contribution in [-0.4, -0.2) is 60.6 Å². The van der Waals surface area contributed by atoms with Crippen LogP contribution in [0.2, 0.25) is 0 Å². The van der Waals surface area contributed by atoms with Crippen molar-refractivity contribution in [3.8, 4) is 5.75 Å². The van der Waals surface area contributed by atoms with Crippen LogP contribution in [0.5, 0.6) is 5.75 Å².